The second kappa shape index (κ2) is 6.21. The number of benzene rings is 1. The fraction of sp³-hybridized carbons (Fsp3) is 0.462. The van der Waals surface area contributed by atoms with Crippen molar-refractivity contribution in [3.05, 3.63) is 23.8 Å². The summed E-state index contributed by atoms with van der Waals surface area (Å²) in [6.45, 7) is 0.120. The average molecular weight is 305 g/mol. The molecule has 0 fully saturated rings. The summed E-state index contributed by atoms with van der Waals surface area (Å²) < 4.78 is 50.7. The molecule has 0 saturated carbocycles. The minimum atomic E-state index is -4.45. The summed E-state index contributed by atoms with van der Waals surface area (Å²) in [5, 5.41) is 2.50. The van der Waals surface area contributed by atoms with E-state index >= 15 is 0 Å². The number of amides is 1. The molecule has 0 aromatic heterocycles. The Hall–Kier alpha value is -1.96. The highest BCUT2D eigenvalue weighted by atomic mass is 19.4. The molecule has 0 saturated heterocycles. The number of halogens is 3. The van der Waals surface area contributed by atoms with Crippen LogP contribution in [-0.2, 0) is 16.1 Å². The second-order valence-corrected chi connectivity index (χ2v) is 4.47. The van der Waals surface area contributed by atoms with Crippen molar-refractivity contribution in [1.29, 1.82) is 0 Å². The predicted octanol–water partition coefficient (Wildman–Crippen LogP) is 2.00. The van der Waals surface area contributed by atoms with Crippen LogP contribution in [0.3, 0.4) is 0 Å². The molecule has 21 heavy (non-hydrogen) atoms. The molecule has 1 amide bonds. The molecule has 5 nitrogen and oxygen atoms in total. The Kier molecular flexibility index (Phi) is 4.56. The molecule has 0 aliphatic carbocycles. The number of ether oxygens (including phenoxy) is 3. The van der Waals surface area contributed by atoms with Crippen LogP contribution in [0.25, 0.3) is 0 Å². The van der Waals surface area contributed by atoms with Gasteiger partial charge in [0.15, 0.2) is 11.5 Å². The minimum Gasteiger partial charge on any atom is -0.454 e. The van der Waals surface area contributed by atoms with Crippen LogP contribution in [0.2, 0.25) is 0 Å². The largest absolute Gasteiger partial charge is 0.454 e. The molecular formula is C13H14F3NO4. The van der Waals surface area contributed by atoms with Crippen molar-refractivity contribution < 1.29 is 32.2 Å². The van der Waals surface area contributed by atoms with Gasteiger partial charge in [0, 0.05) is 6.54 Å². The van der Waals surface area contributed by atoms with Gasteiger partial charge in [0.25, 0.3) is 0 Å². The standard InChI is InChI=1S/C13H14F3NO4/c1-8(19-6-13(14,15)16)12(18)17-5-9-2-3-10-11(4-9)21-7-20-10/h2-4,8H,5-7H2,1H3,(H,17,18)/t8-/m0/s1. The molecule has 1 heterocycles. The summed E-state index contributed by atoms with van der Waals surface area (Å²) in [5.41, 5.74) is 0.746. The summed E-state index contributed by atoms with van der Waals surface area (Å²) in [5.74, 6) is 0.576. The summed E-state index contributed by atoms with van der Waals surface area (Å²) in [6, 6.07) is 5.13. The van der Waals surface area contributed by atoms with Gasteiger partial charge >= 0.3 is 6.18 Å². The Labute approximate surface area is 119 Å². The highest BCUT2D eigenvalue weighted by Crippen LogP contribution is 2.32. The number of hydrogen-bond donors (Lipinski definition) is 1. The van der Waals surface area contributed by atoms with E-state index < -0.39 is 24.8 Å². The Morgan fingerprint density at radius 3 is 2.81 bits per heavy atom. The molecule has 8 heteroatoms. The Bertz CT molecular complexity index is 519. The molecule has 0 unspecified atom stereocenters. The monoisotopic (exact) mass is 305 g/mol. The zero-order valence-corrected chi connectivity index (χ0v) is 11.2. The quantitative estimate of drug-likeness (QED) is 0.904. The fourth-order valence-corrected chi connectivity index (χ4v) is 1.68. The lowest BCUT2D eigenvalue weighted by Gasteiger charge is -2.14. The maximum absolute atomic E-state index is 12.0. The van der Waals surface area contributed by atoms with Gasteiger partial charge in [0.2, 0.25) is 12.7 Å². The molecule has 116 valence electrons. The van der Waals surface area contributed by atoms with E-state index in [2.05, 4.69) is 10.1 Å². The Morgan fingerprint density at radius 2 is 2.10 bits per heavy atom. The van der Waals surface area contributed by atoms with E-state index in [0.29, 0.717) is 11.5 Å². The zero-order chi connectivity index (χ0) is 15.5. The maximum Gasteiger partial charge on any atom is 0.411 e. The van der Waals surface area contributed by atoms with Gasteiger partial charge < -0.3 is 19.5 Å². The number of nitrogens with one attached hydrogen (secondary N) is 1. The third kappa shape index (κ3) is 4.52. The van der Waals surface area contributed by atoms with Gasteiger partial charge in [0.1, 0.15) is 12.7 Å². The van der Waals surface area contributed by atoms with E-state index in [1.54, 1.807) is 18.2 Å². The van der Waals surface area contributed by atoms with Gasteiger partial charge in [-0.05, 0) is 24.6 Å². The van der Waals surface area contributed by atoms with E-state index in [1.807, 2.05) is 0 Å². The molecule has 0 bridgehead atoms. The van der Waals surface area contributed by atoms with Crippen LogP contribution in [0, 0.1) is 0 Å². The molecule has 0 radical (unpaired) electrons. The van der Waals surface area contributed by atoms with E-state index in [-0.39, 0.29) is 13.3 Å². The van der Waals surface area contributed by atoms with Gasteiger partial charge in [-0.1, -0.05) is 6.07 Å². The summed E-state index contributed by atoms with van der Waals surface area (Å²) in [7, 11) is 0. The lowest BCUT2D eigenvalue weighted by molar-refractivity contribution is -0.185. The predicted molar refractivity (Wildman–Crippen MR) is 65.9 cm³/mol. The van der Waals surface area contributed by atoms with E-state index in [9.17, 15) is 18.0 Å². The van der Waals surface area contributed by atoms with E-state index in [0.717, 1.165) is 5.56 Å². The Balaban J connectivity index is 1.81. The first-order valence-corrected chi connectivity index (χ1v) is 6.20. The first-order chi connectivity index (χ1) is 9.85. The lowest BCUT2D eigenvalue weighted by atomic mass is 10.2. The molecule has 1 N–H and O–H groups in total. The van der Waals surface area contributed by atoms with Crippen molar-refractivity contribution in [3.8, 4) is 11.5 Å². The smallest absolute Gasteiger partial charge is 0.411 e. The number of carbonyl (C=O) groups excluding carboxylic acids is 1. The molecule has 0 spiro atoms. The lowest BCUT2D eigenvalue weighted by Crippen LogP contribution is -2.36. The van der Waals surface area contributed by atoms with Crippen molar-refractivity contribution in [2.75, 3.05) is 13.4 Å². The van der Waals surface area contributed by atoms with Gasteiger partial charge in [0.05, 0.1) is 0 Å². The fourth-order valence-electron chi connectivity index (χ4n) is 1.68. The van der Waals surface area contributed by atoms with Crippen LogP contribution in [0.5, 0.6) is 11.5 Å². The number of alkyl halides is 3. The summed E-state index contributed by atoms with van der Waals surface area (Å²) >= 11 is 0. The second-order valence-electron chi connectivity index (χ2n) is 4.47. The highest BCUT2D eigenvalue weighted by Gasteiger charge is 2.29. The molecule has 1 atom stereocenters. The third-order valence-electron chi connectivity index (χ3n) is 2.77. The topological polar surface area (TPSA) is 56.8 Å². The molecule has 1 aromatic rings. The number of fused-ring (bicyclic) bond motifs is 1. The van der Waals surface area contributed by atoms with Crippen LogP contribution < -0.4 is 14.8 Å². The van der Waals surface area contributed by atoms with Gasteiger partial charge in [-0.2, -0.15) is 13.2 Å². The van der Waals surface area contributed by atoms with Crippen molar-refractivity contribution in [3.63, 3.8) is 0 Å². The molecule has 1 aliphatic heterocycles. The van der Waals surface area contributed by atoms with Gasteiger partial charge in [-0.3, -0.25) is 4.79 Å². The van der Waals surface area contributed by atoms with Gasteiger partial charge in [-0.25, -0.2) is 0 Å². The molecular weight excluding hydrogens is 291 g/mol. The van der Waals surface area contributed by atoms with Crippen molar-refractivity contribution >= 4 is 5.91 Å². The van der Waals surface area contributed by atoms with Crippen molar-refractivity contribution in [1.82, 2.24) is 5.32 Å². The molecule has 1 aromatic carbocycles. The first kappa shape index (κ1) is 15.4. The number of carbonyl (C=O) groups is 1. The molecule has 2 rings (SSSR count). The van der Waals surface area contributed by atoms with E-state index in [4.69, 9.17) is 9.47 Å². The molecule has 1 aliphatic rings. The first-order valence-electron chi connectivity index (χ1n) is 6.20. The SMILES string of the molecule is C[C@H](OCC(F)(F)F)C(=O)NCc1ccc2c(c1)OCO2. The Morgan fingerprint density at radius 1 is 1.38 bits per heavy atom. The summed E-state index contributed by atoms with van der Waals surface area (Å²) in [6.07, 6.45) is -5.63. The number of hydrogen-bond acceptors (Lipinski definition) is 4. The zero-order valence-electron chi connectivity index (χ0n) is 11.2. The minimum absolute atomic E-state index is 0.146. The normalized spacial score (nSPS) is 14.9. The van der Waals surface area contributed by atoms with Crippen LogP contribution in [0.4, 0.5) is 13.2 Å². The van der Waals surface area contributed by atoms with Crippen molar-refractivity contribution in [2.45, 2.75) is 25.7 Å². The highest BCUT2D eigenvalue weighted by molar-refractivity contribution is 5.80. The van der Waals surface area contributed by atoms with E-state index in [1.165, 1.54) is 6.92 Å². The maximum atomic E-state index is 12.0. The van der Waals surface area contributed by atoms with Crippen LogP contribution in [0.1, 0.15) is 12.5 Å². The van der Waals surface area contributed by atoms with Crippen LogP contribution in [0.15, 0.2) is 18.2 Å². The third-order valence-corrected chi connectivity index (χ3v) is 2.77. The average Bonchev–Trinajstić information content (AvgIpc) is 2.88. The number of rotatable bonds is 5. The van der Waals surface area contributed by atoms with Crippen LogP contribution in [-0.4, -0.2) is 31.6 Å². The van der Waals surface area contributed by atoms with Crippen LogP contribution >= 0.6 is 0 Å². The summed E-state index contributed by atoms with van der Waals surface area (Å²) in [4.78, 5) is 11.6. The van der Waals surface area contributed by atoms with Gasteiger partial charge in [-0.15, -0.1) is 0 Å². The van der Waals surface area contributed by atoms with Crippen molar-refractivity contribution in [2.24, 2.45) is 0 Å².